The summed E-state index contributed by atoms with van der Waals surface area (Å²) in [6.45, 7) is 1.43. The Hall–Kier alpha value is -2.18. The van der Waals surface area contributed by atoms with E-state index in [4.69, 9.17) is 0 Å². The van der Waals surface area contributed by atoms with Crippen LogP contribution in [0.15, 0.2) is 47.4 Å². The third-order valence-corrected chi connectivity index (χ3v) is 6.90. The van der Waals surface area contributed by atoms with Gasteiger partial charge in [0.1, 0.15) is 0 Å². The Morgan fingerprint density at radius 2 is 2.26 bits per heavy atom. The fourth-order valence-corrected chi connectivity index (χ4v) is 5.53. The highest BCUT2D eigenvalue weighted by molar-refractivity contribution is 7.07. The van der Waals surface area contributed by atoms with E-state index in [2.05, 4.69) is 62.1 Å². The van der Waals surface area contributed by atoms with Crippen LogP contribution in [-0.2, 0) is 17.8 Å². The largest absolute Gasteiger partial charge is 0.354 e. The van der Waals surface area contributed by atoms with Crippen LogP contribution in [0.5, 0.6) is 0 Å². The summed E-state index contributed by atoms with van der Waals surface area (Å²) in [6, 6.07) is 11.2. The second-order valence-corrected chi connectivity index (χ2v) is 8.55. The van der Waals surface area contributed by atoms with Gasteiger partial charge < -0.3 is 15.2 Å². The van der Waals surface area contributed by atoms with E-state index in [-0.39, 0.29) is 17.4 Å². The zero-order valence-corrected chi connectivity index (χ0v) is 16.0. The van der Waals surface area contributed by atoms with Gasteiger partial charge in [-0.25, -0.2) is 4.98 Å². The average molecular weight is 381 g/mol. The van der Waals surface area contributed by atoms with Crippen molar-refractivity contribution >= 4 is 28.1 Å². The molecule has 1 aromatic carbocycles. The van der Waals surface area contributed by atoms with Crippen LogP contribution in [0.3, 0.4) is 0 Å². The Morgan fingerprint density at radius 1 is 1.33 bits per heavy atom. The first-order valence-electron chi connectivity index (χ1n) is 9.70. The van der Waals surface area contributed by atoms with Crippen molar-refractivity contribution in [3.05, 3.63) is 53.1 Å². The van der Waals surface area contributed by atoms with Crippen LogP contribution < -0.4 is 10.6 Å². The van der Waals surface area contributed by atoms with E-state index in [9.17, 15) is 4.79 Å². The molecule has 3 aromatic rings. The van der Waals surface area contributed by atoms with Gasteiger partial charge in [-0.05, 0) is 36.8 Å². The van der Waals surface area contributed by atoms with Crippen molar-refractivity contribution in [3.8, 4) is 0 Å². The first-order valence-corrected chi connectivity index (χ1v) is 10.6. The normalized spacial score (nSPS) is 26.7. The van der Waals surface area contributed by atoms with E-state index < -0.39 is 0 Å². The number of thiazole rings is 1. The molecular formula is C21H24N4OS. The van der Waals surface area contributed by atoms with E-state index >= 15 is 0 Å². The summed E-state index contributed by atoms with van der Waals surface area (Å²) in [4.78, 5) is 17.7. The number of benzene rings is 1. The first-order chi connectivity index (χ1) is 13.2. The number of hydrogen-bond acceptors (Lipinski definition) is 4. The van der Waals surface area contributed by atoms with Crippen LogP contribution in [0.1, 0.15) is 25.0 Å². The molecule has 140 valence electrons. The van der Waals surface area contributed by atoms with E-state index in [0.717, 1.165) is 31.5 Å². The molecule has 0 saturated carbocycles. The summed E-state index contributed by atoms with van der Waals surface area (Å²) in [5, 5.41) is 10.2. The minimum Gasteiger partial charge on any atom is -0.354 e. The maximum Gasteiger partial charge on any atom is 0.228 e. The maximum absolute atomic E-state index is 13.3. The number of carbonyl (C=O) groups excluding carboxylic acids is 1. The van der Waals surface area contributed by atoms with Crippen LogP contribution in [0, 0.1) is 5.41 Å². The van der Waals surface area contributed by atoms with Crippen LogP contribution in [-0.4, -0.2) is 34.1 Å². The standard InChI is InChI=1S/C21H24N4OS/c26-20(22-8-10-25-9-7-15-3-1-2-4-18(15)25)21(12-17-13-27-14-23-17)11-16-5-6-19(21)24-16/h1-4,7,9,13-14,16,19,24H,5-6,8,10-12H2,(H,22,26)/t16-,19+,21-/m0/s1. The molecule has 2 aliphatic rings. The highest BCUT2D eigenvalue weighted by Gasteiger charge is 2.55. The average Bonchev–Trinajstić information content (AvgIpc) is 3.46. The Balaban J connectivity index is 1.29. The topological polar surface area (TPSA) is 59.0 Å². The van der Waals surface area contributed by atoms with E-state index in [1.165, 1.54) is 17.3 Å². The van der Waals surface area contributed by atoms with Crippen molar-refractivity contribution in [1.82, 2.24) is 20.2 Å². The number of para-hydroxylation sites is 1. The summed E-state index contributed by atoms with van der Waals surface area (Å²) < 4.78 is 2.21. The molecule has 2 aromatic heterocycles. The van der Waals surface area contributed by atoms with Gasteiger partial charge in [0.05, 0.1) is 16.6 Å². The second kappa shape index (κ2) is 6.77. The zero-order valence-electron chi connectivity index (χ0n) is 15.2. The molecule has 2 N–H and O–H groups in total. The van der Waals surface area contributed by atoms with Crippen molar-refractivity contribution in [1.29, 1.82) is 0 Å². The highest BCUT2D eigenvalue weighted by Crippen LogP contribution is 2.45. The van der Waals surface area contributed by atoms with Gasteiger partial charge in [0, 0.05) is 48.7 Å². The molecule has 0 spiro atoms. The summed E-state index contributed by atoms with van der Waals surface area (Å²) in [5.41, 5.74) is 3.76. The smallest absolute Gasteiger partial charge is 0.228 e. The predicted octanol–water partition coefficient (Wildman–Crippen LogP) is 2.97. The quantitative estimate of drug-likeness (QED) is 0.691. The lowest BCUT2D eigenvalue weighted by Crippen LogP contribution is -2.50. The number of nitrogens with zero attached hydrogens (tertiary/aromatic N) is 2. The number of nitrogens with one attached hydrogen (secondary N) is 2. The lowest BCUT2D eigenvalue weighted by Gasteiger charge is -2.34. The zero-order chi connectivity index (χ0) is 18.3. The van der Waals surface area contributed by atoms with Crippen LogP contribution in [0.2, 0.25) is 0 Å². The molecule has 0 unspecified atom stereocenters. The van der Waals surface area contributed by atoms with Crippen molar-refractivity contribution in [3.63, 3.8) is 0 Å². The van der Waals surface area contributed by atoms with Crippen LogP contribution in [0.4, 0.5) is 0 Å². The summed E-state index contributed by atoms with van der Waals surface area (Å²) in [6.07, 6.45) is 6.04. The Labute approximate surface area is 162 Å². The molecule has 3 atom stereocenters. The number of aromatic nitrogens is 2. The maximum atomic E-state index is 13.3. The molecule has 6 heteroatoms. The number of rotatable bonds is 6. The van der Waals surface area contributed by atoms with Crippen molar-refractivity contribution < 1.29 is 4.79 Å². The van der Waals surface area contributed by atoms with Crippen molar-refractivity contribution in [2.24, 2.45) is 5.41 Å². The van der Waals surface area contributed by atoms with E-state index in [0.29, 0.717) is 12.6 Å². The molecule has 27 heavy (non-hydrogen) atoms. The van der Waals surface area contributed by atoms with Gasteiger partial charge in [0.25, 0.3) is 0 Å². The Kier molecular flexibility index (Phi) is 4.25. The van der Waals surface area contributed by atoms with Gasteiger partial charge in [-0.2, -0.15) is 0 Å². The molecule has 4 heterocycles. The number of fused-ring (bicyclic) bond motifs is 3. The van der Waals surface area contributed by atoms with Crippen LogP contribution >= 0.6 is 11.3 Å². The predicted molar refractivity (Wildman–Crippen MR) is 108 cm³/mol. The van der Waals surface area contributed by atoms with Gasteiger partial charge in [0.15, 0.2) is 0 Å². The molecule has 5 rings (SSSR count). The fraction of sp³-hybridized carbons (Fsp3) is 0.429. The van der Waals surface area contributed by atoms with Crippen LogP contribution in [0.25, 0.3) is 10.9 Å². The Morgan fingerprint density at radius 3 is 3.04 bits per heavy atom. The molecular weight excluding hydrogens is 356 g/mol. The third kappa shape index (κ3) is 2.97. The molecule has 0 radical (unpaired) electrons. The minimum atomic E-state index is -0.351. The third-order valence-electron chi connectivity index (χ3n) is 6.27. The van der Waals surface area contributed by atoms with Crippen molar-refractivity contribution in [2.45, 2.75) is 44.3 Å². The molecule has 1 amide bonds. The highest BCUT2D eigenvalue weighted by atomic mass is 32.1. The molecule has 2 fully saturated rings. The minimum absolute atomic E-state index is 0.187. The van der Waals surface area contributed by atoms with Gasteiger partial charge in [-0.15, -0.1) is 11.3 Å². The second-order valence-electron chi connectivity index (χ2n) is 7.83. The number of amides is 1. The summed E-state index contributed by atoms with van der Waals surface area (Å²) in [7, 11) is 0. The van der Waals surface area contributed by atoms with Gasteiger partial charge in [-0.1, -0.05) is 18.2 Å². The first kappa shape index (κ1) is 17.0. The molecule has 2 saturated heterocycles. The Bertz CT molecular complexity index is 950. The summed E-state index contributed by atoms with van der Waals surface area (Å²) in [5.74, 6) is 0.187. The molecule has 5 nitrogen and oxygen atoms in total. The molecule has 0 aliphatic carbocycles. The van der Waals surface area contributed by atoms with Gasteiger partial charge >= 0.3 is 0 Å². The van der Waals surface area contributed by atoms with Gasteiger partial charge in [-0.3, -0.25) is 4.79 Å². The number of carbonyl (C=O) groups is 1. The lowest BCUT2D eigenvalue weighted by atomic mass is 9.70. The van der Waals surface area contributed by atoms with Crippen molar-refractivity contribution in [2.75, 3.05) is 6.54 Å². The monoisotopic (exact) mass is 380 g/mol. The lowest BCUT2D eigenvalue weighted by molar-refractivity contribution is -0.132. The SMILES string of the molecule is O=C(NCCn1ccc2ccccc21)[C@]1(Cc2cscn2)C[C@@H]2CC[C@H]1N2. The van der Waals surface area contributed by atoms with E-state index in [1.54, 1.807) is 11.3 Å². The molecule has 2 bridgehead atoms. The van der Waals surface area contributed by atoms with E-state index in [1.807, 2.05) is 5.51 Å². The molecule has 2 aliphatic heterocycles. The number of hydrogen-bond donors (Lipinski definition) is 2. The van der Waals surface area contributed by atoms with Gasteiger partial charge in [0.2, 0.25) is 5.91 Å². The summed E-state index contributed by atoms with van der Waals surface area (Å²) >= 11 is 1.60. The fourth-order valence-electron chi connectivity index (χ4n) is 4.97.